The van der Waals surface area contributed by atoms with Crippen molar-refractivity contribution in [3.63, 3.8) is 0 Å². The Bertz CT molecular complexity index is 610. The molecule has 0 spiro atoms. The van der Waals surface area contributed by atoms with E-state index in [-0.39, 0.29) is 11.7 Å². The van der Waals surface area contributed by atoms with Gasteiger partial charge in [0.25, 0.3) is 5.91 Å². The molecule has 0 unspecified atom stereocenters. The SMILES string of the molecule is COCCCN(C)C(=O)c1cc2ccccc2cc1O. The van der Waals surface area contributed by atoms with Gasteiger partial charge in [-0.25, -0.2) is 0 Å². The number of aromatic hydroxyl groups is 1. The third-order valence-corrected chi connectivity index (χ3v) is 3.28. The predicted molar refractivity (Wildman–Crippen MR) is 79.1 cm³/mol. The first-order chi connectivity index (χ1) is 9.63. The van der Waals surface area contributed by atoms with E-state index in [2.05, 4.69) is 0 Å². The first-order valence-corrected chi connectivity index (χ1v) is 6.59. The summed E-state index contributed by atoms with van der Waals surface area (Å²) in [5, 5.41) is 11.9. The summed E-state index contributed by atoms with van der Waals surface area (Å²) in [6, 6.07) is 11.0. The fourth-order valence-corrected chi connectivity index (χ4v) is 2.15. The van der Waals surface area contributed by atoms with Crippen LogP contribution in [0.1, 0.15) is 16.8 Å². The molecule has 106 valence electrons. The van der Waals surface area contributed by atoms with Crippen LogP contribution in [0.5, 0.6) is 5.75 Å². The molecule has 0 saturated heterocycles. The number of fused-ring (bicyclic) bond motifs is 1. The monoisotopic (exact) mass is 273 g/mol. The largest absolute Gasteiger partial charge is 0.507 e. The van der Waals surface area contributed by atoms with Crippen LogP contribution in [0.2, 0.25) is 0 Å². The summed E-state index contributed by atoms with van der Waals surface area (Å²) in [5.41, 5.74) is 0.337. The minimum absolute atomic E-state index is 0.0206. The molecule has 4 nitrogen and oxygen atoms in total. The van der Waals surface area contributed by atoms with Gasteiger partial charge in [0.2, 0.25) is 0 Å². The average molecular weight is 273 g/mol. The van der Waals surface area contributed by atoms with E-state index < -0.39 is 0 Å². The highest BCUT2D eigenvalue weighted by Gasteiger charge is 2.16. The van der Waals surface area contributed by atoms with Gasteiger partial charge in [-0.15, -0.1) is 0 Å². The lowest BCUT2D eigenvalue weighted by atomic mass is 10.1. The van der Waals surface area contributed by atoms with Crippen molar-refractivity contribution in [3.05, 3.63) is 42.0 Å². The maximum absolute atomic E-state index is 12.3. The van der Waals surface area contributed by atoms with Crippen LogP contribution < -0.4 is 0 Å². The van der Waals surface area contributed by atoms with Crippen molar-refractivity contribution in [2.45, 2.75) is 6.42 Å². The van der Waals surface area contributed by atoms with E-state index >= 15 is 0 Å². The van der Waals surface area contributed by atoms with E-state index in [1.807, 2.05) is 24.3 Å². The molecule has 0 fully saturated rings. The molecular formula is C16H19NO3. The molecule has 0 bridgehead atoms. The van der Waals surface area contributed by atoms with Crippen molar-refractivity contribution < 1.29 is 14.6 Å². The van der Waals surface area contributed by atoms with Crippen LogP contribution in [0.4, 0.5) is 0 Å². The molecule has 1 N–H and O–H groups in total. The molecule has 0 heterocycles. The molecule has 2 aromatic carbocycles. The summed E-state index contributed by atoms with van der Waals surface area (Å²) in [6.45, 7) is 1.21. The van der Waals surface area contributed by atoms with Gasteiger partial charge in [0, 0.05) is 27.3 Å². The summed E-state index contributed by atoms with van der Waals surface area (Å²) >= 11 is 0. The van der Waals surface area contributed by atoms with Crippen molar-refractivity contribution in [2.75, 3.05) is 27.3 Å². The van der Waals surface area contributed by atoms with Gasteiger partial charge in [-0.2, -0.15) is 0 Å². The number of ether oxygens (including phenoxy) is 1. The fraction of sp³-hybridized carbons (Fsp3) is 0.312. The van der Waals surface area contributed by atoms with Crippen molar-refractivity contribution in [2.24, 2.45) is 0 Å². The summed E-state index contributed by atoms with van der Waals surface area (Å²) in [4.78, 5) is 13.9. The van der Waals surface area contributed by atoms with Crippen LogP contribution in [0.25, 0.3) is 10.8 Å². The zero-order valence-electron chi connectivity index (χ0n) is 11.8. The number of nitrogens with zero attached hydrogens (tertiary/aromatic N) is 1. The maximum Gasteiger partial charge on any atom is 0.257 e. The number of carbonyl (C=O) groups excluding carboxylic acids is 1. The second-order valence-electron chi connectivity index (χ2n) is 4.79. The third-order valence-electron chi connectivity index (χ3n) is 3.28. The molecule has 2 aromatic rings. The van der Waals surface area contributed by atoms with E-state index in [0.29, 0.717) is 18.7 Å². The van der Waals surface area contributed by atoms with E-state index in [1.165, 1.54) is 0 Å². The Kier molecular flexibility index (Phi) is 4.58. The highest BCUT2D eigenvalue weighted by Crippen LogP contribution is 2.25. The minimum atomic E-state index is -0.177. The van der Waals surface area contributed by atoms with Gasteiger partial charge in [0.05, 0.1) is 5.56 Å². The Labute approximate surface area is 118 Å². The van der Waals surface area contributed by atoms with Crippen molar-refractivity contribution in [1.29, 1.82) is 0 Å². The third kappa shape index (κ3) is 3.08. The Morgan fingerprint density at radius 1 is 1.25 bits per heavy atom. The van der Waals surface area contributed by atoms with Gasteiger partial charge in [-0.05, 0) is 29.3 Å². The van der Waals surface area contributed by atoms with Crippen LogP contribution >= 0.6 is 0 Å². The van der Waals surface area contributed by atoms with Gasteiger partial charge in [0.15, 0.2) is 0 Å². The normalized spacial score (nSPS) is 10.7. The summed E-state index contributed by atoms with van der Waals surface area (Å²) in [5.74, 6) is -0.156. The number of hydrogen-bond donors (Lipinski definition) is 1. The van der Waals surface area contributed by atoms with Crippen molar-refractivity contribution >= 4 is 16.7 Å². The lowest BCUT2D eigenvalue weighted by Crippen LogP contribution is -2.28. The zero-order chi connectivity index (χ0) is 14.5. The zero-order valence-corrected chi connectivity index (χ0v) is 11.8. The second kappa shape index (κ2) is 6.39. The molecule has 0 radical (unpaired) electrons. The van der Waals surface area contributed by atoms with Crippen LogP contribution in [0, 0.1) is 0 Å². The standard InChI is InChI=1S/C16H19NO3/c1-17(8-5-9-20-2)16(19)14-10-12-6-3-4-7-13(12)11-15(14)18/h3-4,6-7,10-11,18H,5,8-9H2,1-2H3. The number of benzene rings is 2. The Morgan fingerprint density at radius 3 is 2.55 bits per heavy atom. The van der Waals surface area contributed by atoms with Crippen LogP contribution in [0.3, 0.4) is 0 Å². The number of carbonyl (C=O) groups is 1. The molecule has 0 saturated carbocycles. The van der Waals surface area contributed by atoms with Gasteiger partial charge in [-0.1, -0.05) is 24.3 Å². The number of rotatable bonds is 5. The first-order valence-electron chi connectivity index (χ1n) is 6.59. The summed E-state index contributed by atoms with van der Waals surface area (Å²) < 4.78 is 4.97. The van der Waals surface area contributed by atoms with Gasteiger partial charge < -0.3 is 14.7 Å². The lowest BCUT2D eigenvalue weighted by Gasteiger charge is -2.18. The Hall–Kier alpha value is -2.07. The molecule has 1 amide bonds. The van der Waals surface area contributed by atoms with E-state index in [9.17, 15) is 9.90 Å². The first kappa shape index (κ1) is 14.3. The summed E-state index contributed by atoms with van der Waals surface area (Å²) in [7, 11) is 3.36. The molecule has 0 aliphatic heterocycles. The van der Waals surface area contributed by atoms with E-state index in [1.54, 1.807) is 31.2 Å². The second-order valence-corrected chi connectivity index (χ2v) is 4.79. The fourth-order valence-electron chi connectivity index (χ4n) is 2.15. The van der Waals surface area contributed by atoms with E-state index in [0.717, 1.165) is 17.2 Å². The predicted octanol–water partition coefficient (Wildman–Crippen LogP) is 2.65. The lowest BCUT2D eigenvalue weighted by molar-refractivity contribution is 0.0776. The highest BCUT2D eigenvalue weighted by molar-refractivity contribution is 6.01. The molecule has 0 aliphatic rings. The topological polar surface area (TPSA) is 49.8 Å². The average Bonchev–Trinajstić information content (AvgIpc) is 2.46. The molecule has 0 aromatic heterocycles. The number of phenolic OH excluding ortho intramolecular Hbond substituents is 1. The Balaban J connectivity index is 2.23. The van der Waals surface area contributed by atoms with Crippen molar-refractivity contribution in [1.82, 2.24) is 4.90 Å². The van der Waals surface area contributed by atoms with Crippen LogP contribution in [0.15, 0.2) is 36.4 Å². The molecule has 0 atom stereocenters. The molecule has 20 heavy (non-hydrogen) atoms. The van der Waals surface area contributed by atoms with Crippen LogP contribution in [-0.4, -0.2) is 43.2 Å². The van der Waals surface area contributed by atoms with Gasteiger partial charge in [0.1, 0.15) is 5.75 Å². The summed E-state index contributed by atoms with van der Waals surface area (Å²) in [6.07, 6.45) is 0.771. The number of phenols is 1. The Morgan fingerprint density at radius 2 is 1.90 bits per heavy atom. The van der Waals surface area contributed by atoms with E-state index in [4.69, 9.17) is 4.74 Å². The smallest absolute Gasteiger partial charge is 0.257 e. The van der Waals surface area contributed by atoms with Gasteiger partial charge >= 0.3 is 0 Å². The molecule has 0 aliphatic carbocycles. The molecular weight excluding hydrogens is 254 g/mol. The van der Waals surface area contributed by atoms with Crippen LogP contribution in [-0.2, 0) is 4.74 Å². The highest BCUT2D eigenvalue weighted by atomic mass is 16.5. The number of methoxy groups -OCH3 is 1. The molecule has 2 rings (SSSR count). The maximum atomic E-state index is 12.3. The number of hydrogen-bond acceptors (Lipinski definition) is 3. The molecule has 4 heteroatoms. The quantitative estimate of drug-likeness (QED) is 0.852. The van der Waals surface area contributed by atoms with Crippen molar-refractivity contribution in [3.8, 4) is 5.75 Å². The minimum Gasteiger partial charge on any atom is -0.507 e. The number of amides is 1. The van der Waals surface area contributed by atoms with Gasteiger partial charge in [-0.3, -0.25) is 4.79 Å².